The molecule has 0 aliphatic rings. The van der Waals surface area contributed by atoms with E-state index in [0.717, 1.165) is 16.9 Å². The van der Waals surface area contributed by atoms with Gasteiger partial charge in [-0.15, -0.1) is 11.3 Å². The molecule has 0 spiro atoms. The third-order valence-corrected chi connectivity index (χ3v) is 6.62. The van der Waals surface area contributed by atoms with Crippen LogP contribution in [0, 0.1) is 6.92 Å². The number of nitrogens with two attached hydrogens (primary N) is 1. The van der Waals surface area contributed by atoms with Crippen LogP contribution in [0.2, 0.25) is 0 Å². The number of carbonyl (C=O) groups excluding carboxylic acids is 2. The molecule has 35 heavy (non-hydrogen) atoms. The zero-order chi connectivity index (χ0) is 24.9. The molecule has 0 fully saturated rings. The lowest BCUT2D eigenvalue weighted by Gasteiger charge is -2.11. The van der Waals surface area contributed by atoms with E-state index in [1.807, 2.05) is 6.07 Å². The molecule has 5 aromatic rings. The minimum Gasteiger partial charge on any atom is -0.365 e. The summed E-state index contributed by atoms with van der Waals surface area (Å²) in [6.07, 6.45) is 0.655. The van der Waals surface area contributed by atoms with Crippen LogP contribution in [0.3, 0.4) is 0 Å². The van der Waals surface area contributed by atoms with Crippen molar-refractivity contribution >= 4 is 50.0 Å². The Labute approximate surface area is 201 Å². The highest BCUT2D eigenvalue weighted by Crippen LogP contribution is 2.39. The maximum Gasteiger partial charge on any atom is 0.280 e. The second-order valence-electron chi connectivity index (χ2n) is 7.94. The van der Waals surface area contributed by atoms with E-state index in [0.29, 0.717) is 33.1 Å². The summed E-state index contributed by atoms with van der Waals surface area (Å²) in [5.41, 5.74) is 7.94. The monoisotopic (exact) mass is 492 g/mol. The number of alkyl halides is 2. The number of hydrogen-bond acceptors (Lipinski definition) is 6. The van der Waals surface area contributed by atoms with Crippen molar-refractivity contribution in [2.75, 3.05) is 5.32 Å². The summed E-state index contributed by atoms with van der Waals surface area (Å²) in [6, 6.07) is 10.1. The van der Waals surface area contributed by atoms with Gasteiger partial charge in [0.25, 0.3) is 18.2 Å². The fourth-order valence-corrected chi connectivity index (χ4v) is 5.02. The normalized spacial score (nSPS) is 11.5. The second kappa shape index (κ2) is 8.51. The number of anilines is 1. The number of fused-ring (bicyclic) bond motifs is 2. The molecule has 0 unspecified atom stereocenters. The van der Waals surface area contributed by atoms with Crippen LogP contribution in [0.5, 0.6) is 0 Å². The van der Waals surface area contributed by atoms with Crippen LogP contribution < -0.4 is 11.1 Å². The molecule has 0 aliphatic heterocycles. The van der Waals surface area contributed by atoms with Gasteiger partial charge in [-0.25, -0.2) is 18.7 Å². The molecule has 0 saturated heterocycles. The number of primary amides is 1. The summed E-state index contributed by atoms with van der Waals surface area (Å²) in [5, 5.41) is 7.96. The molecule has 0 radical (unpaired) electrons. The first-order valence-electron chi connectivity index (χ1n) is 10.4. The molecule has 0 atom stereocenters. The Hall–Kier alpha value is -4.25. The van der Waals surface area contributed by atoms with Crippen molar-refractivity contribution in [3.63, 3.8) is 0 Å². The average molecular weight is 493 g/mol. The molecule has 4 aromatic heterocycles. The molecule has 11 heteroatoms. The third kappa shape index (κ3) is 3.99. The van der Waals surface area contributed by atoms with Crippen LogP contribution in [-0.4, -0.2) is 31.6 Å². The SMILES string of the molecule is Cc1cc(C(F)F)nc2sc(C(N)=O)c(NC(=O)c3cc(-c4cnn(C)c4)nc4ccccc34)c12. The maximum absolute atomic E-state index is 13.6. The predicted molar refractivity (Wildman–Crippen MR) is 130 cm³/mol. The summed E-state index contributed by atoms with van der Waals surface area (Å²) in [7, 11) is 1.78. The Kier molecular flexibility index (Phi) is 5.48. The van der Waals surface area contributed by atoms with Gasteiger partial charge in [0.2, 0.25) is 0 Å². The number of aromatic nitrogens is 4. The number of aryl methyl sites for hydroxylation is 2. The summed E-state index contributed by atoms with van der Waals surface area (Å²) >= 11 is 0.864. The van der Waals surface area contributed by atoms with Gasteiger partial charge < -0.3 is 11.1 Å². The van der Waals surface area contributed by atoms with E-state index in [1.54, 1.807) is 55.3 Å². The van der Waals surface area contributed by atoms with Crippen LogP contribution in [0.15, 0.2) is 48.8 Å². The molecule has 8 nitrogen and oxygen atoms in total. The molecule has 0 bridgehead atoms. The number of pyridine rings is 2. The third-order valence-electron chi connectivity index (χ3n) is 5.53. The van der Waals surface area contributed by atoms with E-state index in [1.165, 1.54) is 6.07 Å². The van der Waals surface area contributed by atoms with E-state index in [2.05, 4.69) is 20.4 Å². The Morgan fingerprint density at radius 2 is 1.94 bits per heavy atom. The Bertz CT molecular complexity index is 1640. The van der Waals surface area contributed by atoms with E-state index in [-0.39, 0.29) is 15.4 Å². The van der Waals surface area contributed by atoms with E-state index >= 15 is 0 Å². The highest BCUT2D eigenvalue weighted by molar-refractivity contribution is 7.21. The molecule has 1 aromatic carbocycles. The van der Waals surface area contributed by atoms with Crippen LogP contribution in [-0.2, 0) is 7.05 Å². The maximum atomic E-state index is 13.6. The van der Waals surface area contributed by atoms with E-state index < -0.39 is 23.9 Å². The van der Waals surface area contributed by atoms with Crippen molar-refractivity contribution in [1.82, 2.24) is 19.7 Å². The van der Waals surface area contributed by atoms with Crippen molar-refractivity contribution < 1.29 is 18.4 Å². The number of nitrogens with zero attached hydrogens (tertiary/aromatic N) is 4. The summed E-state index contributed by atoms with van der Waals surface area (Å²) in [5.74, 6) is -1.30. The van der Waals surface area contributed by atoms with Gasteiger partial charge in [0.1, 0.15) is 15.4 Å². The van der Waals surface area contributed by atoms with Gasteiger partial charge in [0.05, 0.1) is 28.7 Å². The van der Waals surface area contributed by atoms with Crippen LogP contribution >= 0.6 is 11.3 Å². The summed E-state index contributed by atoms with van der Waals surface area (Å²) in [6.45, 7) is 1.62. The average Bonchev–Trinajstić information content (AvgIpc) is 3.42. The number of halogens is 2. The van der Waals surface area contributed by atoms with Crippen molar-refractivity contribution in [3.8, 4) is 11.3 Å². The molecule has 2 amide bonds. The number of rotatable bonds is 5. The fourth-order valence-electron chi connectivity index (χ4n) is 3.96. The molecule has 4 heterocycles. The summed E-state index contributed by atoms with van der Waals surface area (Å²) in [4.78, 5) is 34.6. The van der Waals surface area contributed by atoms with Crippen LogP contribution in [0.1, 0.15) is 37.7 Å². The van der Waals surface area contributed by atoms with E-state index in [9.17, 15) is 18.4 Å². The predicted octanol–water partition coefficient (Wildman–Crippen LogP) is 4.84. The molecular formula is C24H18F2N6O2S. The molecule has 0 aliphatic carbocycles. The fraction of sp³-hybridized carbons (Fsp3) is 0.125. The molecular weight excluding hydrogens is 474 g/mol. The van der Waals surface area contributed by atoms with Crippen LogP contribution in [0.4, 0.5) is 14.5 Å². The van der Waals surface area contributed by atoms with E-state index in [4.69, 9.17) is 5.73 Å². The number of amides is 2. The molecule has 0 saturated carbocycles. The number of carbonyl (C=O) groups is 2. The van der Waals surface area contributed by atoms with Gasteiger partial charge >= 0.3 is 0 Å². The largest absolute Gasteiger partial charge is 0.365 e. The lowest BCUT2D eigenvalue weighted by Crippen LogP contribution is -2.17. The zero-order valence-electron chi connectivity index (χ0n) is 18.5. The highest BCUT2D eigenvalue weighted by Gasteiger charge is 2.24. The molecule has 176 valence electrons. The number of hydrogen-bond donors (Lipinski definition) is 2. The quantitative estimate of drug-likeness (QED) is 0.364. The van der Waals surface area contributed by atoms with Gasteiger partial charge in [-0.3, -0.25) is 14.3 Å². The smallest absolute Gasteiger partial charge is 0.280 e. The van der Waals surface area contributed by atoms with Crippen molar-refractivity contribution in [2.24, 2.45) is 12.8 Å². The zero-order valence-corrected chi connectivity index (χ0v) is 19.4. The lowest BCUT2D eigenvalue weighted by molar-refractivity contribution is 0.100. The first-order valence-corrected chi connectivity index (χ1v) is 11.3. The molecule has 3 N–H and O–H groups in total. The lowest BCUT2D eigenvalue weighted by atomic mass is 10.0. The van der Waals surface area contributed by atoms with Crippen molar-refractivity contribution in [2.45, 2.75) is 13.3 Å². The Balaban J connectivity index is 1.66. The topological polar surface area (TPSA) is 116 Å². The van der Waals surface area contributed by atoms with Crippen molar-refractivity contribution in [3.05, 3.63) is 70.5 Å². The van der Waals surface area contributed by atoms with Crippen LogP contribution in [0.25, 0.3) is 32.4 Å². The van der Waals surface area contributed by atoms with Gasteiger partial charge in [-0.2, -0.15) is 5.10 Å². The Morgan fingerprint density at radius 1 is 1.17 bits per heavy atom. The number of thiophene rings is 1. The standard InChI is InChI=1S/C24H18F2N6O2S/c1-11-7-17(21(25)26)30-24-18(11)19(20(35-24)22(27)33)31-23(34)14-8-16(12-9-28-32(2)10-12)29-15-6-4-3-5-13(14)15/h3-10,21H,1-2H3,(H2,27,33)(H,31,34). The first-order chi connectivity index (χ1) is 16.7. The first kappa shape index (κ1) is 22.5. The molecule has 5 rings (SSSR count). The number of para-hydroxylation sites is 1. The number of benzene rings is 1. The van der Waals surface area contributed by atoms with Gasteiger partial charge in [0.15, 0.2) is 0 Å². The van der Waals surface area contributed by atoms with Crippen molar-refractivity contribution in [1.29, 1.82) is 0 Å². The van der Waals surface area contributed by atoms with Gasteiger partial charge in [-0.05, 0) is 30.7 Å². The summed E-state index contributed by atoms with van der Waals surface area (Å²) < 4.78 is 28.2. The van der Waals surface area contributed by atoms with Gasteiger partial charge in [-0.1, -0.05) is 18.2 Å². The second-order valence-corrected chi connectivity index (χ2v) is 8.94. The minimum absolute atomic E-state index is 0.0289. The highest BCUT2D eigenvalue weighted by atomic mass is 32.1. The van der Waals surface area contributed by atoms with Gasteiger partial charge in [0, 0.05) is 29.6 Å². The number of nitrogens with one attached hydrogen (secondary N) is 1. The minimum atomic E-state index is -2.77. The Morgan fingerprint density at radius 3 is 2.63 bits per heavy atom.